The van der Waals surface area contributed by atoms with Gasteiger partial charge < -0.3 is 14.2 Å². The van der Waals surface area contributed by atoms with Crippen molar-refractivity contribution in [3.8, 4) is 5.75 Å². The number of alkyl halides is 3. The minimum atomic E-state index is -4.66. The molecule has 1 atom stereocenters. The van der Waals surface area contributed by atoms with Gasteiger partial charge >= 0.3 is 6.36 Å². The van der Waals surface area contributed by atoms with E-state index in [1.165, 1.54) is 12.1 Å². The van der Waals surface area contributed by atoms with Gasteiger partial charge in [0.05, 0.1) is 13.2 Å². The van der Waals surface area contributed by atoms with Crippen LogP contribution < -0.4 is 4.74 Å². The zero-order valence-electron chi connectivity index (χ0n) is 13.5. The van der Waals surface area contributed by atoms with Crippen molar-refractivity contribution in [2.24, 2.45) is 11.8 Å². The Bertz CT molecular complexity index is 572. The number of halogens is 3. The van der Waals surface area contributed by atoms with Gasteiger partial charge in [-0.2, -0.15) is 0 Å². The lowest BCUT2D eigenvalue weighted by molar-refractivity contribution is -0.274. The third-order valence-electron chi connectivity index (χ3n) is 4.39. The molecule has 1 aromatic carbocycles. The molecule has 1 fully saturated rings. The van der Waals surface area contributed by atoms with Gasteiger partial charge in [0.25, 0.3) is 0 Å². The fourth-order valence-electron chi connectivity index (χ4n) is 3.12. The Morgan fingerprint density at radius 1 is 1.08 bits per heavy atom. The van der Waals surface area contributed by atoms with Gasteiger partial charge in [0.2, 0.25) is 0 Å². The number of hydrogen-bond donors (Lipinski definition) is 0. The van der Waals surface area contributed by atoms with Crippen LogP contribution in [0.3, 0.4) is 0 Å². The van der Waals surface area contributed by atoms with Crippen molar-refractivity contribution >= 4 is 5.57 Å². The van der Waals surface area contributed by atoms with Crippen molar-refractivity contribution in [1.82, 2.24) is 0 Å². The zero-order valence-corrected chi connectivity index (χ0v) is 13.5. The second-order valence-electron chi connectivity index (χ2n) is 6.48. The first-order chi connectivity index (χ1) is 11.4. The Balaban J connectivity index is 1.58. The number of ether oxygens (including phenoxy) is 3. The number of allylic oxidation sites excluding steroid dienone is 2. The van der Waals surface area contributed by atoms with Crippen molar-refractivity contribution in [1.29, 1.82) is 0 Å². The molecule has 3 rings (SSSR count). The van der Waals surface area contributed by atoms with Crippen LogP contribution in [0.25, 0.3) is 5.57 Å². The first kappa shape index (κ1) is 17.3. The van der Waals surface area contributed by atoms with Crippen LogP contribution in [0.15, 0.2) is 30.3 Å². The summed E-state index contributed by atoms with van der Waals surface area (Å²) in [6, 6.07) is 6.04. The summed E-state index contributed by atoms with van der Waals surface area (Å²) in [4.78, 5) is 0. The van der Waals surface area contributed by atoms with E-state index < -0.39 is 6.36 Å². The van der Waals surface area contributed by atoms with E-state index in [-0.39, 0.29) is 12.0 Å². The van der Waals surface area contributed by atoms with Crippen molar-refractivity contribution in [2.75, 3.05) is 13.2 Å². The van der Waals surface area contributed by atoms with E-state index in [1.807, 2.05) is 0 Å². The highest BCUT2D eigenvalue weighted by Gasteiger charge is 2.31. The monoisotopic (exact) mass is 342 g/mol. The van der Waals surface area contributed by atoms with E-state index >= 15 is 0 Å². The summed E-state index contributed by atoms with van der Waals surface area (Å²) in [5.74, 6) is 0.584. The van der Waals surface area contributed by atoms with E-state index in [1.54, 1.807) is 12.1 Å². The highest BCUT2D eigenvalue weighted by atomic mass is 19.4. The Hall–Kier alpha value is -1.53. The second kappa shape index (κ2) is 7.15. The van der Waals surface area contributed by atoms with E-state index in [9.17, 15) is 13.2 Å². The molecule has 6 heteroatoms. The lowest BCUT2D eigenvalue weighted by Crippen LogP contribution is -2.36. The number of benzene rings is 1. The highest BCUT2D eigenvalue weighted by Crippen LogP contribution is 2.35. The smallest absolute Gasteiger partial charge is 0.406 e. The molecule has 1 unspecified atom stereocenters. The average molecular weight is 342 g/mol. The molecule has 0 N–H and O–H groups in total. The summed E-state index contributed by atoms with van der Waals surface area (Å²) in [7, 11) is 0. The molecule has 24 heavy (non-hydrogen) atoms. The van der Waals surface area contributed by atoms with Gasteiger partial charge in [-0.05, 0) is 42.5 Å². The number of hydrogen-bond acceptors (Lipinski definition) is 3. The molecule has 1 aromatic rings. The Morgan fingerprint density at radius 2 is 1.75 bits per heavy atom. The summed E-state index contributed by atoms with van der Waals surface area (Å²) in [6.45, 7) is 3.57. The lowest BCUT2D eigenvalue weighted by Gasteiger charge is -2.34. The minimum Gasteiger partial charge on any atom is -0.406 e. The van der Waals surface area contributed by atoms with E-state index in [4.69, 9.17) is 9.47 Å². The molecule has 1 heterocycles. The molecule has 0 amide bonds. The summed E-state index contributed by atoms with van der Waals surface area (Å²) < 4.78 is 52.0. The summed E-state index contributed by atoms with van der Waals surface area (Å²) in [5, 5.41) is 0. The van der Waals surface area contributed by atoms with Gasteiger partial charge in [0.1, 0.15) is 5.75 Å². The van der Waals surface area contributed by atoms with Gasteiger partial charge in [-0.15, -0.1) is 13.2 Å². The fraction of sp³-hybridized carbons (Fsp3) is 0.556. The maximum atomic E-state index is 12.2. The summed E-state index contributed by atoms with van der Waals surface area (Å²) >= 11 is 0. The van der Waals surface area contributed by atoms with Crippen LogP contribution in [0.5, 0.6) is 5.75 Å². The normalized spacial score (nSPS) is 28.3. The van der Waals surface area contributed by atoms with Crippen LogP contribution in [-0.2, 0) is 9.47 Å². The van der Waals surface area contributed by atoms with Crippen molar-refractivity contribution < 1.29 is 27.4 Å². The highest BCUT2D eigenvalue weighted by molar-refractivity contribution is 5.66. The lowest BCUT2D eigenvalue weighted by atomic mass is 9.86. The van der Waals surface area contributed by atoms with Gasteiger partial charge in [0.15, 0.2) is 6.29 Å². The third-order valence-corrected chi connectivity index (χ3v) is 4.39. The van der Waals surface area contributed by atoms with Crippen LogP contribution in [0.1, 0.15) is 31.7 Å². The molecule has 0 bridgehead atoms. The van der Waals surface area contributed by atoms with Gasteiger partial charge in [-0.1, -0.05) is 25.1 Å². The molecule has 2 aliphatic rings. The first-order valence-corrected chi connectivity index (χ1v) is 8.19. The van der Waals surface area contributed by atoms with Crippen LogP contribution in [0, 0.1) is 11.8 Å². The molecule has 0 aromatic heterocycles. The Morgan fingerprint density at radius 3 is 2.29 bits per heavy atom. The molecule has 1 saturated heterocycles. The maximum absolute atomic E-state index is 12.2. The van der Waals surface area contributed by atoms with Gasteiger partial charge in [-0.25, -0.2) is 0 Å². The summed E-state index contributed by atoms with van der Waals surface area (Å²) in [6.07, 6.45) is 0.0140. The predicted molar refractivity (Wildman–Crippen MR) is 83.3 cm³/mol. The summed E-state index contributed by atoms with van der Waals surface area (Å²) in [5.41, 5.74) is 2.08. The van der Waals surface area contributed by atoms with Crippen molar-refractivity contribution in [2.45, 2.75) is 38.8 Å². The molecule has 1 aliphatic heterocycles. The SMILES string of the molecule is CC1COC(C2CC=C(c3ccc(OC(F)(F)F)cc3)CC2)OC1. The number of rotatable bonds is 3. The van der Waals surface area contributed by atoms with Gasteiger partial charge in [-0.3, -0.25) is 0 Å². The van der Waals surface area contributed by atoms with Crippen molar-refractivity contribution in [3.63, 3.8) is 0 Å². The molecular weight excluding hydrogens is 321 g/mol. The van der Waals surface area contributed by atoms with E-state index in [2.05, 4.69) is 17.7 Å². The molecule has 3 nitrogen and oxygen atoms in total. The molecular formula is C18H21F3O3. The van der Waals surface area contributed by atoms with Crippen LogP contribution in [0.4, 0.5) is 13.2 Å². The molecule has 132 valence electrons. The van der Waals surface area contributed by atoms with E-state index in [0.29, 0.717) is 11.8 Å². The second-order valence-corrected chi connectivity index (χ2v) is 6.48. The van der Waals surface area contributed by atoms with Gasteiger partial charge in [0, 0.05) is 11.8 Å². The third kappa shape index (κ3) is 4.51. The van der Waals surface area contributed by atoms with E-state index in [0.717, 1.165) is 43.6 Å². The molecule has 1 aliphatic carbocycles. The fourth-order valence-corrected chi connectivity index (χ4v) is 3.12. The first-order valence-electron chi connectivity index (χ1n) is 8.19. The minimum absolute atomic E-state index is 0.137. The predicted octanol–water partition coefficient (Wildman–Crippen LogP) is 4.78. The molecule has 0 spiro atoms. The topological polar surface area (TPSA) is 27.7 Å². The average Bonchev–Trinajstić information content (AvgIpc) is 2.55. The van der Waals surface area contributed by atoms with Crippen LogP contribution in [-0.4, -0.2) is 25.9 Å². The van der Waals surface area contributed by atoms with Crippen molar-refractivity contribution in [3.05, 3.63) is 35.9 Å². The zero-order chi connectivity index (χ0) is 17.2. The Kier molecular flexibility index (Phi) is 5.15. The molecule has 0 radical (unpaired) electrons. The van der Waals surface area contributed by atoms with Crippen LogP contribution >= 0.6 is 0 Å². The molecule has 0 saturated carbocycles. The standard InChI is InChI=1S/C18H21F3O3/c1-12-10-22-17(23-11-12)15-4-2-13(3-5-15)14-6-8-16(9-7-14)24-18(19,20)21/h2,6-9,12,15,17H,3-5,10-11H2,1H3. The quantitative estimate of drug-likeness (QED) is 0.791. The Labute approximate surface area is 139 Å². The van der Waals surface area contributed by atoms with Crippen LogP contribution in [0.2, 0.25) is 0 Å². The maximum Gasteiger partial charge on any atom is 0.573 e. The largest absolute Gasteiger partial charge is 0.573 e.